The Labute approximate surface area is 115 Å². The van der Waals surface area contributed by atoms with Crippen LogP contribution >= 0.6 is 0 Å². The van der Waals surface area contributed by atoms with E-state index in [0.717, 1.165) is 6.07 Å². The highest BCUT2D eigenvalue weighted by molar-refractivity contribution is 5.96. The Hall–Kier alpha value is -2.43. The second-order valence-corrected chi connectivity index (χ2v) is 4.42. The smallest absolute Gasteiger partial charge is 0.260 e. The Morgan fingerprint density at radius 2 is 1.80 bits per heavy atom. The number of phenolic OH excluding ortho intramolecular Hbond substituents is 1. The van der Waals surface area contributed by atoms with Crippen molar-refractivity contribution in [2.45, 2.75) is 6.54 Å². The quantitative estimate of drug-likeness (QED) is 0.937. The summed E-state index contributed by atoms with van der Waals surface area (Å²) in [5.41, 5.74) is 0.343. The molecular formula is C15H13F2NO2. The maximum Gasteiger partial charge on any atom is 0.260 e. The Kier molecular flexibility index (Phi) is 3.98. The fraction of sp³-hybridized carbons (Fsp3) is 0.133. The van der Waals surface area contributed by atoms with Crippen molar-refractivity contribution < 1.29 is 18.7 Å². The van der Waals surface area contributed by atoms with Crippen LogP contribution in [0.3, 0.4) is 0 Å². The molecule has 0 bridgehead atoms. The van der Waals surface area contributed by atoms with E-state index < -0.39 is 17.5 Å². The van der Waals surface area contributed by atoms with Gasteiger partial charge in [0.05, 0.1) is 0 Å². The van der Waals surface area contributed by atoms with Crippen molar-refractivity contribution in [1.29, 1.82) is 0 Å². The molecule has 0 atom stereocenters. The van der Waals surface area contributed by atoms with Crippen LogP contribution in [0, 0.1) is 11.6 Å². The van der Waals surface area contributed by atoms with Crippen molar-refractivity contribution in [3.05, 3.63) is 65.2 Å². The van der Waals surface area contributed by atoms with Gasteiger partial charge >= 0.3 is 0 Å². The molecule has 20 heavy (non-hydrogen) atoms. The zero-order valence-corrected chi connectivity index (χ0v) is 10.8. The van der Waals surface area contributed by atoms with Crippen LogP contribution in [0.5, 0.6) is 5.75 Å². The van der Waals surface area contributed by atoms with Gasteiger partial charge in [0.25, 0.3) is 5.91 Å². The van der Waals surface area contributed by atoms with Gasteiger partial charge in [0.15, 0.2) is 0 Å². The zero-order chi connectivity index (χ0) is 14.7. The van der Waals surface area contributed by atoms with Gasteiger partial charge in [-0.2, -0.15) is 0 Å². The van der Waals surface area contributed by atoms with Gasteiger partial charge in [0, 0.05) is 13.6 Å². The number of carbonyl (C=O) groups excluding carboxylic acids is 1. The van der Waals surface area contributed by atoms with Gasteiger partial charge < -0.3 is 10.0 Å². The molecule has 0 fully saturated rings. The Bertz CT molecular complexity index is 606. The van der Waals surface area contributed by atoms with Gasteiger partial charge in [-0.15, -0.1) is 0 Å². The molecule has 0 radical (unpaired) electrons. The number of benzene rings is 2. The van der Waals surface area contributed by atoms with Crippen LogP contribution in [0.4, 0.5) is 8.78 Å². The maximum absolute atomic E-state index is 13.6. The molecule has 1 amide bonds. The molecule has 0 aliphatic heterocycles. The van der Waals surface area contributed by atoms with Crippen LogP contribution in [0.1, 0.15) is 15.9 Å². The summed E-state index contributed by atoms with van der Waals surface area (Å²) in [5.74, 6) is -2.18. The van der Waals surface area contributed by atoms with Crippen LogP contribution in [-0.4, -0.2) is 23.0 Å². The number of hydrogen-bond acceptors (Lipinski definition) is 2. The van der Waals surface area contributed by atoms with Crippen molar-refractivity contribution in [3.63, 3.8) is 0 Å². The third-order valence-electron chi connectivity index (χ3n) is 2.89. The van der Waals surface area contributed by atoms with Crippen molar-refractivity contribution in [2.75, 3.05) is 7.05 Å². The first kappa shape index (κ1) is 14.0. The molecule has 0 spiro atoms. The molecule has 2 aromatic rings. The minimum atomic E-state index is -0.777. The predicted molar refractivity (Wildman–Crippen MR) is 70.3 cm³/mol. The average Bonchev–Trinajstić information content (AvgIpc) is 2.41. The number of amides is 1. The van der Waals surface area contributed by atoms with E-state index in [1.54, 1.807) is 12.1 Å². The van der Waals surface area contributed by atoms with Crippen molar-refractivity contribution in [2.24, 2.45) is 0 Å². The topological polar surface area (TPSA) is 40.5 Å². The Balaban J connectivity index is 2.18. The van der Waals surface area contributed by atoms with E-state index >= 15 is 0 Å². The molecular weight excluding hydrogens is 264 g/mol. The number of aromatic hydroxyl groups is 1. The fourth-order valence-corrected chi connectivity index (χ4v) is 1.85. The lowest BCUT2D eigenvalue weighted by Gasteiger charge is -2.18. The van der Waals surface area contributed by atoms with Gasteiger partial charge in [-0.05, 0) is 29.8 Å². The second kappa shape index (κ2) is 5.69. The lowest BCUT2D eigenvalue weighted by atomic mass is 10.1. The summed E-state index contributed by atoms with van der Waals surface area (Å²) in [7, 11) is 1.48. The molecule has 3 nitrogen and oxygen atoms in total. The van der Waals surface area contributed by atoms with E-state index in [0.29, 0.717) is 5.56 Å². The normalized spacial score (nSPS) is 10.3. The fourth-order valence-electron chi connectivity index (χ4n) is 1.85. The third kappa shape index (κ3) is 2.93. The molecule has 0 aromatic heterocycles. The summed E-state index contributed by atoms with van der Waals surface area (Å²) < 4.78 is 26.4. The summed E-state index contributed by atoms with van der Waals surface area (Å²) >= 11 is 0. The molecule has 104 valence electrons. The highest BCUT2D eigenvalue weighted by Gasteiger charge is 2.20. The monoisotopic (exact) mass is 277 g/mol. The molecule has 0 saturated carbocycles. The lowest BCUT2D eigenvalue weighted by molar-refractivity contribution is 0.0777. The van der Waals surface area contributed by atoms with E-state index in [2.05, 4.69) is 0 Å². The third-order valence-corrected chi connectivity index (χ3v) is 2.89. The van der Waals surface area contributed by atoms with Crippen LogP contribution < -0.4 is 0 Å². The molecule has 0 saturated heterocycles. The van der Waals surface area contributed by atoms with Gasteiger partial charge in [-0.25, -0.2) is 8.78 Å². The van der Waals surface area contributed by atoms with Gasteiger partial charge in [-0.3, -0.25) is 4.79 Å². The number of rotatable bonds is 3. The van der Waals surface area contributed by atoms with Crippen molar-refractivity contribution in [3.8, 4) is 5.75 Å². The number of nitrogens with zero attached hydrogens (tertiary/aromatic N) is 1. The highest BCUT2D eigenvalue weighted by Crippen LogP contribution is 2.22. The molecule has 2 aromatic carbocycles. The van der Waals surface area contributed by atoms with E-state index in [1.165, 1.54) is 36.2 Å². The van der Waals surface area contributed by atoms with Gasteiger partial charge in [0.1, 0.15) is 22.9 Å². The Morgan fingerprint density at radius 1 is 1.15 bits per heavy atom. The molecule has 5 heteroatoms. The summed E-state index contributed by atoms with van der Waals surface area (Å²) in [5, 5.41) is 9.58. The summed E-state index contributed by atoms with van der Waals surface area (Å²) in [6.07, 6.45) is 0. The van der Waals surface area contributed by atoms with E-state index in [1.807, 2.05) is 0 Å². The first-order chi connectivity index (χ1) is 9.49. The molecule has 0 unspecified atom stereocenters. The zero-order valence-electron chi connectivity index (χ0n) is 10.8. The minimum absolute atomic E-state index is 0.187. The van der Waals surface area contributed by atoms with Crippen LogP contribution in [0.2, 0.25) is 0 Å². The van der Waals surface area contributed by atoms with Gasteiger partial charge in [-0.1, -0.05) is 18.2 Å². The number of phenols is 1. The van der Waals surface area contributed by atoms with Crippen molar-refractivity contribution in [1.82, 2.24) is 4.90 Å². The van der Waals surface area contributed by atoms with Gasteiger partial charge in [0.2, 0.25) is 0 Å². The largest absolute Gasteiger partial charge is 0.507 e. The average molecular weight is 277 g/mol. The highest BCUT2D eigenvalue weighted by atomic mass is 19.1. The number of halogens is 2. The van der Waals surface area contributed by atoms with Crippen molar-refractivity contribution >= 4 is 5.91 Å². The number of carbonyl (C=O) groups is 1. The first-order valence-electron chi connectivity index (χ1n) is 5.96. The molecule has 1 N–H and O–H groups in total. The summed E-state index contributed by atoms with van der Waals surface area (Å²) in [4.78, 5) is 13.4. The molecule has 0 aliphatic carbocycles. The standard InChI is InChI=1S/C15H13F2NO2/c1-18(9-10-5-7-11(16)8-6-10)15(20)14-12(17)3-2-4-13(14)19/h2-8,19H,9H2,1H3. The van der Waals surface area contributed by atoms with Crippen LogP contribution in [0.25, 0.3) is 0 Å². The minimum Gasteiger partial charge on any atom is -0.507 e. The summed E-state index contributed by atoms with van der Waals surface area (Å²) in [6, 6.07) is 9.34. The van der Waals surface area contributed by atoms with E-state index in [9.17, 15) is 18.7 Å². The Morgan fingerprint density at radius 3 is 2.40 bits per heavy atom. The maximum atomic E-state index is 13.6. The first-order valence-corrected chi connectivity index (χ1v) is 5.96. The molecule has 2 rings (SSSR count). The van der Waals surface area contributed by atoms with E-state index in [4.69, 9.17) is 0 Å². The van der Waals surface area contributed by atoms with Crippen LogP contribution in [-0.2, 0) is 6.54 Å². The predicted octanol–water partition coefficient (Wildman–Crippen LogP) is 2.94. The molecule has 0 aliphatic rings. The summed E-state index contributed by atoms with van der Waals surface area (Å²) in [6.45, 7) is 0.187. The second-order valence-electron chi connectivity index (χ2n) is 4.42. The van der Waals surface area contributed by atoms with E-state index in [-0.39, 0.29) is 17.9 Å². The SMILES string of the molecule is CN(Cc1ccc(F)cc1)C(=O)c1c(O)cccc1F. The molecule has 0 heterocycles. The van der Waals surface area contributed by atoms with Crippen LogP contribution in [0.15, 0.2) is 42.5 Å². The number of hydrogen-bond donors (Lipinski definition) is 1. The lowest BCUT2D eigenvalue weighted by Crippen LogP contribution is -2.27.